The zero-order valence-electron chi connectivity index (χ0n) is 13.9. The van der Waals surface area contributed by atoms with E-state index < -0.39 is 11.9 Å². The van der Waals surface area contributed by atoms with E-state index in [1.165, 1.54) is 7.11 Å². The molecule has 1 aliphatic carbocycles. The van der Waals surface area contributed by atoms with Crippen molar-refractivity contribution < 1.29 is 23.8 Å². The van der Waals surface area contributed by atoms with Crippen molar-refractivity contribution >= 4 is 27.7 Å². The van der Waals surface area contributed by atoms with E-state index >= 15 is 0 Å². The zero-order chi connectivity index (χ0) is 18.1. The topological polar surface area (TPSA) is 87.9 Å². The number of Topliss-reactive ketones (excluding diaryl/α,β-unsaturated/α-hetero) is 1. The third-order valence-electron chi connectivity index (χ3n) is 4.40. The van der Waals surface area contributed by atoms with E-state index in [1.54, 1.807) is 13.2 Å². The number of hydrogen-bond acceptors (Lipinski definition) is 6. The molecule has 0 unspecified atom stereocenters. The average Bonchev–Trinajstić information content (AvgIpc) is 2.60. The first kappa shape index (κ1) is 17.5. The number of benzene rings is 1. The van der Waals surface area contributed by atoms with Crippen LogP contribution in [0.3, 0.4) is 0 Å². The van der Waals surface area contributed by atoms with E-state index in [-0.39, 0.29) is 17.2 Å². The van der Waals surface area contributed by atoms with Crippen LogP contribution in [0.15, 0.2) is 45.5 Å². The van der Waals surface area contributed by atoms with E-state index in [2.05, 4.69) is 15.9 Å². The van der Waals surface area contributed by atoms with Crippen LogP contribution in [0.1, 0.15) is 30.7 Å². The lowest BCUT2D eigenvalue weighted by Crippen LogP contribution is -2.31. The van der Waals surface area contributed by atoms with E-state index in [9.17, 15) is 9.59 Å². The molecule has 3 rings (SSSR count). The summed E-state index contributed by atoms with van der Waals surface area (Å²) >= 11 is 3.45. The largest absolute Gasteiger partial charge is 0.496 e. The van der Waals surface area contributed by atoms with Gasteiger partial charge in [0.05, 0.1) is 24.6 Å². The van der Waals surface area contributed by atoms with Gasteiger partial charge in [-0.15, -0.1) is 0 Å². The average molecular weight is 408 g/mol. The third-order valence-corrected chi connectivity index (χ3v) is 5.02. The molecule has 1 aromatic rings. The van der Waals surface area contributed by atoms with Gasteiger partial charge >= 0.3 is 5.97 Å². The number of carbonyl (C=O) groups excluding carboxylic acids is 2. The Bertz CT molecular complexity index is 812. The highest BCUT2D eigenvalue weighted by Gasteiger charge is 2.41. The Morgan fingerprint density at radius 3 is 2.72 bits per heavy atom. The molecule has 0 spiro atoms. The summed E-state index contributed by atoms with van der Waals surface area (Å²) in [6.07, 6.45) is 1.74. The first-order chi connectivity index (χ1) is 12.0. The van der Waals surface area contributed by atoms with Gasteiger partial charge in [0, 0.05) is 18.4 Å². The lowest BCUT2D eigenvalue weighted by Gasteiger charge is -2.32. The number of nitrogens with two attached hydrogens (primary N) is 1. The molecular formula is C18H18BrNO5. The summed E-state index contributed by atoms with van der Waals surface area (Å²) in [6, 6.07) is 5.40. The second kappa shape index (κ2) is 6.92. The van der Waals surface area contributed by atoms with Crippen molar-refractivity contribution in [2.75, 3.05) is 14.2 Å². The molecule has 25 heavy (non-hydrogen) atoms. The maximum absolute atomic E-state index is 12.6. The van der Waals surface area contributed by atoms with Crippen LogP contribution in [0.25, 0.3) is 0 Å². The van der Waals surface area contributed by atoms with Gasteiger partial charge in [0.25, 0.3) is 0 Å². The lowest BCUT2D eigenvalue weighted by atomic mass is 9.77. The number of rotatable bonds is 3. The third kappa shape index (κ3) is 3.04. The summed E-state index contributed by atoms with van der Waals surface area (Å²) in [5.41, 5.74) is 7.37. The van der Waals surface area contributed by atoms with Crippen LogP contribution < -0.4 is 10.5 Å². The molecule has 0 aromatic heterocycles. The van der Waals surface area contributed by atoms with Crippen molar-refractivity contribution in [2.45, 2.75) is 25.2 Å². The minimum Gasteiger partial charge on any atom is -0.496 e. The van der Waals surface area contributed by atoms with Crippen LogP contribution in [0.5, 0.6) is 5.75 Å². The smallest absolute Gasteiger partial charge is 0.340 e. The normalized spacial score (nSPS) is 20.1. The van der Waals surface area contributed by atoms with Gasteiger partial charge in [-0.1, -0.05) is 6.07 Å². The van der Waals surface area contributed by atoms with E-state index in [0.29, 0.717) is 40.8 Å². The molecule has 0 radical (unpaired) electrons. The first-order valence-corrected chi connectivity index (χ1v) is 8.62. The SMILES string of the molecule is COC(=O)C1=C(N)OC2=C(C(=O)CCC2)[C@@H]1c1ccc(OC)c(Br)c1. The summed E-state index contributed by atoms with van der Waals surface area (Å²) in [4.78, 5) is 24.9. The van der Waals surface area contributed by atoms with Crippen molar-refractivity contribution in [3.05, 3.63) is 51.0 Å². The van der Waals surface area contributed by atoms with Gasteiger partial charge in [-0.25, -0.2) is 4.79 Å². The van der Waals surface area contributed by atoms with Crippen LogP contribution in [0.4, 0.5) is 0 Å². The molecule has 1 heterocycles. The molecule has 0 saturated carbocycles. The van der Waals surface area contributed by atoms with Crippen LogP contribution in [-0.4, -0.2) is 26.0 Å². The summed E-state index contributed by atoms with van der Waals surface area (Å²) < 4.78 is 16.4. The van der Waals surface area contributed by atoms with Gasteiger partial charge in [-0.05, 0) is 40.0 Å². The number of hydrogen-bond donors (Lipinski definition) is 1. The van der Waals surface area contributed by atoms with Gasteiger partial charge in [0.15, 0.2) is 5.78 Å². The van der Waals surface area contributed by atoms with Gasteiger partial charge in [0.1, 0.15) is 17.1 Å². The van der Waals surface area contributed by atoms with Gasteiger partial charge in [-0.2, -0.15) is 0 Å². The number of methoxy groups -OCH3 is 2. The number of ketones is 1. The molecule has 0 saturated heterocycles. The Balaban J connectivity index is 2.19. The fraction of sp³-hybridized carbons (Fsp3) is 0.333. The standard InChI is InChI=1S/C18H18BrNO5/c1-23-12-7-6-9(8-10(12)19)14-15-11(21)4-3-5-13(15)25-17(20)16(14)18(22)24-2/h6-8,14H,3-5,20H2,1-2H3/t14-/m0/s1. The second-order valence-electron chi connectivity index (χ2n) is 5.81. The monoisotopic (exact) mass is 407 g/mol. The van der Waals surface area contributed by atoms with Crippen molar-refractivity contribution in [1.82, 2.24) is 0 Å². The lowest BCUT2D eigenvalue weighted by molar-refractivity contribution is -0.136. The second-order valence-corrected chi connectivity index (χ2v) is 6.67. The molecule has 132 valence electrons. The van der Waals surface area contributed by atoms with Crippen LogP contribution >= 0.6 is 15.9 Å². The van der Waals surface area contributed by atoms with Crippen molar-refractivity contribution in [3.8, 4) is 5.75 Å². The molecular weight excluding hydrogens is 390 g/mol. The molecule has 7 heteroatoms. The van der Waals surface area contributed by atoms with Crippen LogP contribution in [0.2, 0.25) is 0 Å². The predicted molar refractivity (Wildman–Crippen MR) is 93.6 cm³/mol. The predicted octanol–water partition coefficient (Wildman–Crippen LogP) is 2.92. The molecule has 2 aliphatic rings. The molecule has 1 aromatic carbocycles. The molecule has 1 aliphatic heterocycles. The van der Waals surface area contributed by atoms with Gasteiger partial charge in [0.2, 0.25) is 5.88 Å². The van der Waals surface area contributed by atoms with E-state index in [0.717, 1.165) is 5.56 Å². The highest BCUT2D eigenvalue weighted by molar-refractivity contribution is 9.10. The summed E-state index contributed by atoms with van der Waals surface area (Å²) in [7, 11) is 2.84. The summed E-state index contributed by atoms with van der Waals surface area (Å²) in [6.45, 7) is 0. The van der Waals surface area contributed by atoms with Gasteiger partial charge < -0.3 is 19.9 Å². The van der Waals surface area contributed by atoms with Crippen molar-refractivity contribution in [1.29, 1.82) is 0 Å². The maximum atomic E-state index is 12.6. The first-order valence-electron chi connectivity index (χ1n) is 7.83. The minimum absolute atomic E-state index is 0.0164. The number of ether oxygens (including phenoxy) is 3. The van der Waals surface area contributed by atoms with E-state index in [4.69, 9.17) is 19.9 Å². The van der Waals surface area contributed by atoms with E-state index in [1.807, 2.05) is 12.1 Å². The molecule has 6 nitrogen and oxygen atoms in total. The molecule has 1 atom stereocenters. The highest BCUT2D eigenvalue weighted by Crippen LogP contribution is 2.45. The Morgan fingerprint density at radius 1 is 1.32 bits per heavy atom. The van der Waals surface area contributed by atoms with Crippen molar-refractivity contribution in [3.63, 3.8) is 0 Å². The minimum atomic E-state index is -0.619. The Hall–Kier alpha value is -2.28. The fourth-order valence-corrected chi connectivity index (χ4v) is 3.82. The fourth-order valence-electron chi connectivity index (χ4n) is 3.26. The van der Waals surface area contributed by atoms with Crippen LogP contribution in [-0.2, 0) is 19.1 Å². The Morgan fingerprint density at radius 2 is 2.08 bits per heavy atom. The maximum Gasteiger partial charge on any atom is 0.340 e. The zero-order valence-corrected chi connectivity index (χ0v) is 15.5. The van der Waals surface area contributed by atoms with Crippen LogP contribution in [0, 0.1) is 0 Å². The number of allylic oxidation sites excluding steroid dienone is 2. The molecule has 0 amide bonds. The Labute approximate surface area is 153 Å². The molecule has 2 N–H and O–H groups in total. The number of carbonyl (C=O) groups is 2. The molecule has 0 bridgehead atoms. The number of halogens is 1. The molecule has 0 fully saturated rings. The summed E-state index contributed by atoms with van der Waals surface area (Å²) in [5, 5.41) is 0. The Kier molecular flexibility index (Phi) is 4.85. The summed E-state index contributed by atoms with van der Waals surface area (Å²) in [5.74, 6) is -0.0928. The van der Waals surface area contributed by atoms with Crippen molar-refractivity contribution in [2.24, 2.45) is 5.73 Å². The number of esters is 1. The van der Waals surface area contributed by atoms with Gasteiger partial charge in [-0.3, -0.25) is 4.79 Å². The highest BCUT2D eigenvalue weighted by atomic mass is 79.9. The quantitative estimate of drug-likeness (QED) is 0.774.